The smallest absolute Gasteiger partial charge is 0.310 e. The van der Waals surface area contributed by atoms with E-state index in [1.807, 2.05) is 0 Å². The standard InChI is InChI=1S/C16H28N2O4/c1-21-16(20)14(13-5-8-22-9-6-13)11-18-15(19)3-2-12-4-7-17-10-12/h12-14,17H,2-11H2,1H3,(H,18,19). The third kappa shape index (κ3) is 5.25. The van der Waals surface area contributed by atoms with E-state index in [4.69, 9.17) is 9.47 Å². The molecule has 2 aliphatic heterocycles. The molecule has 0 saturated carbocycles. The minimum atomic E-state index is -0.258. The summed E-state index contributed by atoms with van der Waals surface area (Å²) in [5.41, 5.74) is 0. The summed E-state index contributed by atoms with van der Waals surface area (Å²) in [4.78, 5) is 24.0. The number of hydrogen-bond donors (Lipinski definition) is 2. The maximum absolute atomic E-state index is 12.0. The van der Waals surface area contributed by atoms with E-state index in [0.29, 0.717) is 32.1 Å². The zero-order valence-corrected chi connectivity index (χ0v) is 13.4. The van der Waals surface area contributed by atoms with Gasteiger partial charge in [0.1, 0.15) is 0 Å². The van der Waals surface area contributed by atoms with E-state index < -0.39 is 0 Å². The van der Waals surface area contributed by atoms with Crippen LogP contribution in [-0.4, -0.2) is 51.8 Å². The van der Waals surface area contributed by atoms with Crippen LogP contribution in [0.4, 0.5) is 0 Å². The van der Waals surface area contributed by atoms with Crippen molar-refractivity contribution in [2.75, 3.05) is 40.0 Å². The molecule has 2 aliphatic rings. The Bertz CT molecular complexity index is 363. The highest BCUT2D eigenvalue weighted by atomic mass is 16.5. The molecule has 2 atom stereocenters. The second kappa shape index (κ2) is 9.10. The van der Waals surface area contributed by atoms with Crippen LogP contribution in [0.25, 0.3) is 0 Å². The van der Waals surface area contributed by atoms with Crippen molar-refractivity contribution < 1.29 is 19.1 Å². The van der Waals surface area contributed by atoms with Crippen molar-refractivity contribution in [2.24, 2.45) is 17.8 Å². The van der Waals surface area contributed by atoms with E-state index in [2.05, 4.69) is 10.6 Å². The fourth-order valence-electron chi connectivity index (χ4n) is 3.32. The lowest BCUT2D eigenvalue weighted by atomic mass is 9.86. The first kappa shape index (κ1) is 17.2. The van der Waals surface area contributed by atoms with Crippen LogP contribution in [0.2, 0.25) is 0 Å². The van der Waals surface area contributed by atoms with Gasteiger partial charge in [-0.25, -0.2) is 0 Å². The third-order valence-electron chi connectivity index (χ3n) is 4.80. The number of methoxy groups -OCH3 is 1. The molecule has 2 unspecified atom stereocenters. The van der Waals surface area contributed by atoms with Crippen LogP contribution in [-0.2, 0) is 19.1 Å². The summed E-state index contributed by atoms with van der Waals surface area (Å²) in [6.45, 7) is 3.81. The molecule has 0 aromatic rings. The Morgan fingerprint density at radius 2 is 2.09 bits per heavy atom. The zero-order valence-electron chi connectivity index (χ0n) is 13.4. The molecule has 0 aliphatic carbocycles. The maximum atomic E-state index is 12.0. The molecule has 1 amide bonds. The average Bonchev–Trinajstić information content (AvgIpc) is 3.07. The molecule has 2 N–H and O–H groups in total. The van der Waals surface area contributed by atoms with Crippen LogP contribution >= 0.6 is 0 Å². The quantitative estimate of drug-likeness (QED) is 0.677. The van der Waals surface area contributed by atoms with Crippen LogP contribution in [0.1, 0.15) is 32.1 Å². The Morgan fingerprint density at radius 3 is 2.73 bits per heavy atom. The van der Waals surface area contributed by atoms with Crippen LogP contribution in [0, 0.1) is 17.8 Å². The molecule has 0 radical (unpaired) electrons. The van der Waals surface area contributed by atoms with Gasteiger partial charge in [0, 0.05) is 26.2 Å². The van der Waals surface area contributed by atoms with Crippen LogP contribution in [0.3, 0.4) is 0 Å². The number of ether oxygens (including phenoxy) is 2. The highest BCUT2D eigenvalue weighted by molar-refractivity contribution is 5.78. The lowest BCUT2D eigenvalue weighted by Crippen LogP contribution is -2.39. The number of hydrogen-bond acceptors (Lipinski definition) is 5. The molecule has 0 aromatic carbocycles. The molecule has 6 heteroatoms. The highest BCUT2D eigenvalue weighted by Crippen LogP contribution is 2.24. The highest BCUT2D eigenvalue weighted by Gasteiger charge is 2.31. The van der Waals surface area contributed by atoms with Crippen molar-refractivity contribution >= 4 is 11.9 Å². The summed E-state index contributed by atoms with van der Waals surface area (Å²) in [5.74, 6) is 0.393. The monoisotopic (exact) mass is 312 g/mol. The summed E-state index contributed by atoms with van der Waals surface area (Å²) >= 11 is 0. The summed E-state index contributed by atoms with van der Waals surface area (Å²) in [5, 5.41) is 6.23. The Balaban J connectivity index is 1.74. The average molecular weight is 312 g/mol. The first-order valence-electron chi connectivity index (χ1n) is 8.33. The van der Waals surface area contributed by atoms with Gasteiger partial charge in [0.25, 0.3) is 0 Å². The number of amides is 1. The molecule has 2 saturated heterocycles. The predicted octanol–water partition coefficient (Wildman–Crippen LogP) is 0.708. The minimum absolute atomic E-state index is 0.0351. The molecular formula is C16H28N2O4. The number of carbonyl (C=O) groups is 2. The number of rotatable bonds is 7. The summed E-state index contributed by atoms with van der Waals surface area (Å²) < 4.78 is 10.2. The van der Waals surface area contributed by atoms with E-state index in [9.17, 15) is 9.59 Å². The molecule has 0 aromatic heterocycles. The van der Waals surface area contributed by atoms with Gasteiger partial charge < -0.3 is 20.1 Å². The second-order valence-corrected chi connectivity index (χ2v) is 6.28. The third-order valence-corrected chi connectivity index (χ3v) is 4.80. The summed E-state index contributed by atoms with van der Waals surface area (Å²) in [7, 11) is 1.41. The Labute approximate surface area is 132 Å². The largest absolute Gasteiger partial charge is 0.469 e. The summed E-state index contributed by atoms with van der Waals surface area (Å²) in [6.07, 6.45) is 4.31. The van der Waals surface area contributed by atoms with Crippen molar-refractivity contribution in [1.82, 2.24) is 10.6 Å². The van der Waals surface area contributed by atoms with Crippen LogP contribution < -0.4 is 10.6 Å². The number of nitrogens with one attached hydrogen (secondary N) is 2. The topological polar surface area (TPSA) is 76.7 Å². The molecule has 0 spiro atoms. The van der Waals surface area contributed by atoms with Gasteiger partial charge in [-0.15, -0.1) is 0 Å². The first-order chi connectivity index (χ1) is 10.7. The van der Waals surface area contributed by atoms with Gasteiger partial charge in [-0.1, -0.05) is 0 Å². The van der Waals surface area contributed by atoms with E-state index in [-0.39, 0.29) is 23.7 Å². The van der Waals surface area contributed by atoms with Gasteiger partial charge in [0.05, 0.1) is 13.0 Å². The van der Waals surface area contributed by atoms with Crippen molar-refractivity contribution in [3.05, 3.63) is 0 Å². The van der Waals surface area contributed by atoms with Gasteiger partial charge in [-0.3, -0.25) is 9.59 Å². The molecule has 22 heavy (non-hydrogen) atoms. The second-order valence-electron chi connectivity index (χ2n) is 6.28. The molecule has 2 rings (SSSR count). The maximum Gasteiger partial charge on any atom is 0.310 e. The number of carbonyl (C=O) groups excluding carboxylic acids is 2. The van der Waals surface area contributed by atoms with Crippen molar-refractivity contribution in [2.45, 2.75) is 32.1 Å². The zero-order chi connectivity index (χ0) is 15.8. The molecular weight excluding hydrogens is 284 g/mol. The van der Waals surface area contributed by atoms with E-state index in [1.54, 1.807) is 0 Å². The molecule has 0 bridgehead atoms. The van der Waals surface area contributed by atoms with Crippen LogP contribution in [0.5, 0.6) is 0 Å². The van der Waals surface area contributed by atoms with Gasteiger partial charge in [0.15, 0.2) is 0 Å². The molecule has 126 valence electrons. The Hall–Kier alpha value is -1.14. The fourth-order valence-corrected chi connectivity index (χ4v) is 3.32. The van der Waals surface area contributed by atoms with Gasteiger partial charge in [0.2, 0.25) is 5.91 Å². The normalized spacial score (nSPS) is 24.0. The van der Waals surface area contributed by atoms with Gasteiger partial charge in [-0.05, 0) is 50.6 Å². The lowest BCUT2D eigenvalue weighted by Gasteiger charge is -2.28. The van der Waals surface area contributed by atoms with E-state index >= 15 is 0 Å². The lowest BCUT2D eigenvalue weighted by molar-refractivity contribution is -0.148. The number of esters is 1. The van der Waals surface area contributed by atoms with Crippen molar-refractivity contribution in [3.8, 4) is 0 Å². The van der Waals surface area contributed by atoms with Crippen molar-refractivity contribution in [3.63, 3.8) is 0 Å². The molecule has 6 nitrogen and oxygen atoms in total. The first-order valence-corrected chi connectivity index (χ1v) is 8.33. The van der Waals surface area contributed by atoms with Crippen molar-refractivity contribution in [1.29, 1.82) is 0 Å². The Morgan fingerprint density at radius 1 is 1.32 bits per heavy atom. The molecule has 2 heterocycles. The van der Waals surface area contributed by atoms with Gasteiger partial charge >= 0.3 is 5.97 Å². The van der Waals surface area contributed by atoms with Crippen LogP contribution in [0.15, 0.2) is 0 Å². The fraction of sp³-hybridized carbons (Fsp3) is 0.875. The minimum Gasteiger partial charge on any atom is -0.469 e. The van der Waals surface area contributed by atoms with E-state index in [0.717, 1.165) is 38.8 Å². The summed E-state index contributed by atoms with van der Waals surface area (Å²) in [6, 6.07) is 0. The Kier molecular flexibility index (Phi) is 7.12. The van der Waals surface area contributed by atoms with Gasteiger partial charge in [-0.2, -0.15) is 0 Å². The molecule has 2 fully saturated rings. The predicted molar refractivity (Wildman–Crippen MR) is 82.3 cm³/mol. The SMILES string of the molecule is COC(=O)C(CNC(=O)CCC1CCNC1)C1CCOCC1. The van der Waals surface area contributed by atoms with E-state index in [1.165, 1.54) is 7.11 Å².